The van der Waals surface area contributed by atoms with Gasteiger partial charge in [-0.25, -0.2) is 4.79 Å². The Balaban J connectivity index is 3.14. The van der Waals surface area contributed by atoms with Gasteiger partial charge in [0.2, 0.25) is 5.75 Å². The number of rotatable bonds is 6. The second-order valence-corrected chi connectivity index (χ2v) is 3.14. The van der Waals surface area contributed by atoms with Crippen molar-refractivity contribution in [3.63, 3.8) is 0 Å². The lowest BCUT2D eigenvalue weighted by Gasteiger charge is -2.08. The van der Waals surface area contributed by atoms with Crippen LogP contribution in [0, 0.1) is 10.1 Å². The topological polar surface area (TPSA) is 89.7 Å². The molecule has 0 aliphatic rings. The Kier molecular flexibility index (Phi) is 4.21. The molecule has 1 aromatic rings. The third kappa shape index (κ3) is 3.04. The molecule has 0 aliphatic carbocycles. The number of carboxylic acids is 1. The lowest BCUT2D eigenvalue weighted by atomic mass is 10.1. The van der Waals surface area contributed by atoms with Gasteiger partial charge in [0.05, 0.1) is 11.5 Å². The Hall–Kier alpha value is -2.37. The molecule has 0 fully saturated rings. The zero-order valence-corrected chi connectivity index (χ0v) is 8.96. The number of aromatic carboxylic acids is 1. The van der Waals surface area contributed by atoms with Crippen LogP contribution in [0.25, 0.3) is 0 Å². The molecule has 0 amide bonds. The summed E-state index contributed by atoms with van der Waals surface area (Å²) in [5, 5.41) is 19.6. The first-order valence-corrected chi connectivity index (χ1v) is 4.82. The molecule has 0 saturated carbocycles. The van der Waals surface area contributed by atoms with E-state index >= 15 is 0 Å². The van der Waals surface area contributed by atoms with Crippen LogP contribution in [0.2, 0.25) is 0 Å². The molecule has 1 aromatic carbocycles. The number of nitro benzene ring substituents is 1. The minimum atomic E-state index is -1.26. The van der Waals surface area contributed by atoms with Gasteiger partial charge in [0.25, 0.3) is 0 Å². The van der Waals surface area contributed by atoms with Crippen molar-refractivity contribution in [2.45, 2.75) is 6.42 Å². The van der Waals surface area contributed by atoms with Crippen molar-refractivity contribution in [2.24, 2.45) is 0 Å². The second-order valence-electron chi connectivity index (χ2n) is 3.14. The summed E-state index contributed by atoms with van der Waals surface area (Å²) in [5.41, 5.74) is -0.572. The van der Waals surface area contributed by atoms with E-state index in [2.05, 4.69) is 6.58 Å². The molecule has 1 N–H and O–H groups in total. The third-order valence-electron chi connectivity index (χ3n) is 1.99. The van der Waals surface area contributed by atoms with Gasteiger partial charge in [0, 0.05) is 6.07 Å². The standard InChI is InChI=1S/C11H11NO5/c1-2-3-7-17-10-8(11(13)14)5-4-6-9(10)12(15)16/h2,4-6H,1,3,7H2,(H,13,14). The summed E-state index contributed by atoms with van der Waals surface area (Å²) in [6, 6.07) is 3.77. The average molecular weight is 237 g/mol. The minimum absolute atomic E-state index is 0.147. The van der Waals surface area contributed by atoms with Crippen LogP contribution >= 0.6 is 0 Å². The Morgan fingerprint density at radius 2 is 2.29 bits per heavy atom. The Morgan fingerprint density at radius 1 is 1.59 bits per heavy atom. The van der Waals surface area contributed by atoms with Crippen molar-refractivity contribution in [1.82, 2.24) is 0 Å². The van der Waals surface area contributed by atoms with Crippen LogP contribution in [0.3, 0.4) is 0 Å². The van der Waals surface area contributed by atoms with E-state index in [0.29, 0.717) is 6.42 Å². The lowest BCUT2D eigenvalue weighted by molar-refractivity contribution is -0.385. The SMILES string of the molecule is C=CCCOc1c(C(=O)O)cccc1[N+](=O)[O-]. The van der Waals surface area contributed by atoms with Crippen LogP contribution in [0.5, 0.6) is 5.75 Å². The van der Waals surface area contributed by atoms with Crippen molar-refractivity contribution in [3.05, 3.63) is 46.5 Å². The number of hydrogen-bond acceptors (Lipinski definition) is 4. The fraction of sp³-hybridized carbons (Fsp3) is 0.182. The average Bonchev–Trinajstić information content (AvgIpc) is 2.28. The summed E-state index contributed by atoms with van der Waals surface area (Å²) in [4.78, 5) is 21.0. The monoisotopic (exact) mass is 237 g/mol. The van der Waals surface area contributed by atoms with Crippen LogP contribution in [-0.2, 0) is 0 Å². The summed E-state index contributed by atoms with van der Waals surface area (Å²) in [5.74, 6) is -1.48. The van der Waals surface area contributed by atoms with Crippen LogP contribution in [0.15, 0.2) is 30.9 Å². The van der Waals surface area contributed by atoms with E-state index < -0.39 is 10.9 Å². The van der Waals surface area contributed by atoms with Crippen molar-refractivity contribution < 1.29 is 19.6 Å². The summed E-state index contributed by atoms with van der Waals surface area (Å²) in [6.07, 6.45) is 2.06. The molecule has 0 unspecified atom stereocenters. The van der Waals surface area contributed by atoms with Crippen molar-refractivity contribution in [1.29, 1.82) is 0 Å². The molecule has 6 heteroatoms. The molecular formula is C11H11NO5. The van der Waals surface area contributed by atoms with Gasteiger partial charge in [0.1, 0.15) is 5.56 Å². The molecule has 0 spiro atoms. The van der Waals surface area contributed by atoms with Crippen molar-refractivity contribution in [3.8, 4) is 5.75 Å². The van der Waals surface area contributed by atoms with Crippen LogP contribution in [0.1, 0.15) is 16.8 Å². The van der Waals surface area contributed by atoms with Gasteiger partial charge in [-0.05, 0) is 12.5 Å². The highest BCUT2D eigenvalue weighted by Crippen LogP contribution is 2.30. The van der Waals surface area contributed by atoms with Gasteiger partial charge in [-0.3, -0.25) is 10.1 Å². The lowest BCUT2D eigenvalue weighted by Crippen LogP contribution is -2.06. The highest BCUT2D eigenvalue weighted by molar-refractivity contribution is 5.92. The molecule has 6 nitrogen and oxygen atoms in total. The second kappa shape index (κ2) is 5.64. The molecule has 0 heterocycles. The number of nitro groups is 1. The number of para-hydroxylation sites is 1. The summed E-state index contributed by atoms with van der Waals surface area (Å²) < 4.78 is 5.14. The van der Waals surface area contributed by atoms with Gasteiger partial charge in [0.15, 0.2) is 0 Å². The van der Waals surface area contributed by atoms with E-state index in [1.165, 1.54) is 18.2 Å². The largest absolute Gasteiger partial charge is 0.486 e. The van der Waals surface area contributed by atoms with E-state index in [1.807, 2.05) is 0 Å². The third-order valence-corrected chi connectivity index (χ3v) is 1.99. The first kappa shape index (κ1) is 12.7. The fourth-order valence-electron chi connectivity index (χ4n) is 1.23. The van der Waals surface area contributed by atoms with Gasteiger partial charge in [-0.2, -0.15) is 0 Å². The predicted molar refractivity (Wildman–Crippen MR) is 60.4 cm³/mol. The van der Waals surface area contributed by atoms with Crippen molar-refractivity contribution >= 4 is 11.7 Å². The van der Waals surface area contributed by atoms with E-state index in [9.17, 15) is 14.9 Å². The molecule has 0 radical (unpaired) electrons. The quantitative estimate of drug-likeness (QED) is 0.354. The van der Waals surface area contributed by atoms with Gasteiger partial charge in [-0.15, -0.1) is 6.58 Å². The first-order chi connectivity index (χ1) is 8.07. The van der Waals surface area contributed by atoms with E-state index in [0.717, 1.165) is 0 Å². The van der Waals surface area contributed by atoms with Gasteiger partial charge < -0.3 is 9.84 Å². The molecule has 17 heavy (non-hydrogen) atoms. The predicted octanol–water partition coefficient (Wildman–Crippen LogP) is 2.25. The number of hydrogen-bond donors (Lipinski definition) is 1. The maximum atomic E-state index is 10.9. The van der Waals surface area contributed by atoms with E-state index in [4.69, 9.17) is 9.84 Å². The van der Waals surface area contributed by atoms with E-state index in [-0.39, 0.29) is 23.6 Å². The highest BCUT2D eigenvalue weighted by Gasteiger charge is 2.22. The molecule has 0 bridgehead atoms. The zero-order chi connectivity index (χ0) is 12.8. The number of carboxylic acid groups (broad SMARTS) is 1. The number of nitrogens with zero attached hydrogens (tertiary/aromatic N) is 1. The van der Waals surface area contributed by atoms with Crippen LogP contribution < -0.4 is 4.74 Å². The maximum absolute atomic E-state index is 10.9. The molecule has 90 valence electrons. The molecule has 0 aromatic heterocycles. The highest BCUT2D eigenvalue weighted by atomic mass is 16.6. The van der Waals surface area contributed by atoms with Gasteiger partial charge in [-0.1, -0.05) is 12.1 Å². The molecule has 0 aliphatic heterocycles. The van der Waals surface area contributed by atoms with Gasteiger partial charge >= 0.3 is 11.7 Å². The summed E-state index contributed by atoms with van der Waals surface area (Å²) in [6.45, 7) is 3.62. The zero-order valence-electron chi connectivity index (χ0n) is 8.96. The Morgan fingerprint density at radius 3 is 2.82 bits per heavy atom. The maximum Gasteiger partial charge on any atom is 0.339 e. The minimum Gasteiger partial charge on any atom is -0.486 e. The molecule has 0 saturated heterocycles. The number of benzene rings is 1. The summed E-state index contributed by atoms with van der Waals surface area (Å²) >= 11 is 0. The Labute approximate surface area is 97.3 Å². The summed E-state index contributed by atoms with van der Waals surface area (Å²) in [7, 11) is 0. The van der Waals surface area contributed by atoms with E-state index in [1.54, 1.807) is 6.08 Å². The Bertz CT molecular complexity index is 423. The fourth-order valence-corrected chi connectivity index (χ4v) is 1.23. The molecule has 0 atom stereocenters. The normalized spacial score (nSPS) is 9.65. The van der Waals surface area contributed by atoms with Crippen LogP contribution in [-0.4, -0.2) is 22.6 Å². The molecule has 1 rings (SSSR count). The smallest absolute Gasteiger partial charge is 0.339 e. The van der Waals surface area contributed by atoms with Crippen LogP contribution in [0.4, 0.5) is 5.69 Å². The molecular weight excluding hydrogens is 226 g/mol. The number of ether oxygens (including phenoxy) is 1. The first-order valence-electron chi connectivity index (χ1n) is 4.82. The van der Waals surface area contributed by atoms with Crippen molar-refractivity contribution in [2.75, 3.05) is 6.61 Å². The number of carbonyl (C=O) groups is 1.